The normalized spacial score (nSPS) is 14.8. The summed E-state index contributed by atoms with van der Waals surface area (Å²) in [5.41, 5.74) is 1.03. The average Bonchev–Trinajstić information content (AvgIpc) is 2.99. The monoisotopic (exact) mass is 384 g/mol. The van der Waals surface area contributed by atoms with Crippen molar-refractivity contribution in [2.45, 2.75) is 0 Å². The number of ether oxygens (including phenoxy) is 3. The van der Waals surface area contributed by atoms with E-state index in [1.165, 1.54) is 14.2 Å². The van der Waals surface area contributed by atoms with Crippen LogP contribution in [0.4, 0.5) is 0 Å². The predicted octanol–water partition coefficient (Wildman–Crippen LogP) is 3.06. The molecule has 0 unspecified atom stereocenters. The first-order chi connectivity index (χ1) is 13.0. The summed E-state index contributed by atoms with van der Waals surface area (Å²) in [6, 6.07) is 11.6. The van der Waals surface area contributed by atoms with Crippen LogP contribution in [0.5, 0.6) is 17.2 Å². The van der Waals surface area contributed by atoms with E-state index in [1.807, 2.05) is 0 Å². The van der Waals surface area contributed by atoms with Crippen molar-refractivity contribution >= 4 is 34.9 Å². The van der Waals surface area contributed by atoms with Gasteiger partial charge in [-0.25, -0.2) is 4.79 Å². The number of hydrogen-bond donors (Lipinski definition) is 2. The zero-order chi connectivity index (χ0) is 19.4. The Morgan fingerprint density at radius 3 is 2.59 bits per heavy atom. The number of hydrogen-bond acceptors (Lipinski definition) is 7. The largest absolute Gasteiger partial charge is 0.497 e. The Morgan fingerprint density at radius 1 is 1.11 bits per heavy atom. The summed E-state index contributed by atoms with van der Waals surface area (Å²) in [5, 5.41) is 9.97. The number of carbonyl (C=O) groups excluding carboxylic acids is 2. The highest BCUT2D eigenvalue weighted by atomic mass is 32.2. The van der Waals surface area contributed by atoms with Gasteiger partial charge in [0.1, 0.15) is 5.75 Å². The Kier molecular flexibility index (Phi) is 5.46. The van der Waals surface area contributed by atoms with E-state index >= 15 is 0 Å². The zero-order valence-electron chi connectivity index (χ0n) is 14.6. The lowest BCUT2D eigenvalue weighted by molar-refractivity contribution is -0.115. The van der Waals surface area contributed by atoms with Crippen molar-refractivity contribution in [1.82, 2.24) is 5.32 Å². The first kappa shape index (κ1) is 18.5. The second-order valence-corrected chi connectivity index (χ2v) is 6.48. The third kappa shape index (κ3) is 4.29. The number of methoxy groups -OCH3 is 2. The Morgan fingerprint density at radius 2 is 1.93 bits per heavy atom. The molecular formula is C19H16N2O5S. The number of amidine groups is 1. The molecule has 1 amide bonds. The molecule has 1 heterocycles. The Hall–Kier alpha value is -3.26. The van der Waals surface area contributed by atoms with Gasteiger partial charge in [0.2, 0.25) is 0 Å². The van der Waals surface area contributed by atoms with Crippen molar-refractivity contribution in [3.05, 3.63) is 58.5 Å². The fraction of sp³-hybridized carbons (Fsp3) is 0.105. The van der Waals surface area contributed by atoms with Crippen LogP contribution in [0.3, 0.4) is 0 Å². The first-order valence-corrected chi connectivity index (χ1v) is 8.65. The number of carbonyl (C=O) groups is 2. The molecule has 138 valence electrons. The van der Waals surface area contributed by atoms with Gasteiger partial charge in [0.05, 0.1) is 24.7 Å². The van der Waals surface area contributed by atoms with E-state index < -0.39 is 5.97 Å². The summed E-state index contributed by atoms with van der Waals surface area (Å²) in [4.78, 5) is 24.5. The third-order valence-corrected chi connectivity index (χ3v) is 4.49. The lowest BCUT2D eigenvalue weighted by Gasteiger charge is -2.10. The number of esters is 1. The molecule has 27 heavy (non-hydrogen) atoms. The lowest BCUT2D eigenvalue weighted by Crippen LogP contribution is -2.18. The molecule has 1 aliphatic rings. The second kappa shape index (κ2) is 7.96. The van der Waals surface area contributed by atoms with E-state index in [4.69, 9.17) is 19.6 Å². The molecule has 0 atom stereocenters. The van der Waals surface area contributed by atoms with Crippen LogP contribution in [-0.2, 0) is 4.79 Å². The molecule has 0 radical (unpaired) electrons. The SMILES string of the molecule is COc1cccc(C(=O)Oc2ccc(/C=C3\SC(=N)NC3=O)cc2OC)c1. The first-order valence-electron chi connectivity index (χ1n) is 7.84. The van der Waals surface area contributed by atoms with Crippen molar-refractivity contribution in [1.29, 1.82) is 5.41 Å². The van der Waals surface area contributed by atoms with Crippen LogP contribution in [0.15, 0.2) is 47.4 Å². The summed E-state index contributed by atoms with van der Waals surface area (Å²) < 4.78 is 15.8. The average molecular weight is 384 g/mol. The fourth-order valence-corrected chi connectivity index (χ4v) is 3.06. The van der Waals surface area contributed by atoms with E-state index in [2.05, 4.69) is 5.32 Å². The van der Waals surface area contributed by atoms with Gasteiger partial charge in [-0.2, -0.15) is 0 Å². The molecule has 0 saturated carbocycles. The maximum absolute atomic E-state index is 12.4. The molecule has 1 aliphatic heterocycles. The molecule has 1 saturated heterocycles. The Bertz CT molecular complexity index is 955. The molecule has 0 spiro atoms. The molecule has 2 aromatic rings. The van der Waals surface area contributed by atoms with Crippen molar-refractivity contribution in [2.75, 3.05) is 14.2 Å². The summed E-state index contributed by atoms with van der Waals surface area (Å²) in [7, 11) is 2.98. The van der Waals surface area contributed by atoms with E-state index in [0.717, 1.165) is 11.8 Å². The van der Waals surface area contributed by atoms with Crippen LogP contribution in [0.2, 0.25) is 0 Å². The molecule has 7 nitrogen and oxygen atoms in total. The Labute approximate surface area is 159 Å². The van der Waals surface area contributed by atoms with Crippen LogP contribution < -0.4 is 19.5 Å². The van der Waals surface area contributed by atoms with Crippen molar-refractivity contribution in [2.24, 2.45) is 0 Å². The van der Waals surface area contributed by atoms with E-state index in [-0.39, 0.29) is 16.8 Å². The third-order valence-electron chi connectivity index (χ3n) is 3.66. The summed E-state index contributed by atoms with van der Waals surface area (Å²) >= 11 is 1.04. The molecule has 8 heteroatoms. The lowest BCUT2D eigenvalue weighted by atomic mass is 10.1. The maximum Gasteiger partial charge on any atom is 0.343 e. The van der Waals surface area contributed by atoms with Gasteiger partial charge in [0.15, 0.2) is 16.7 Å². The molecule has 1 fully saturated rings. The second-order valence-electron chi connectivity index (χ2n) is 5.43. The van der Waals surface area contributed by atoms with Gasteiger partial charge in [0.25, 0.3) is 5.91 Å². The number of nitrogens with one attached hydrogen (secondary N) is 2. The quantitative estimate of drug-likeness (QED) is 0.467. The van der Waals surface area contributed by atoms with Crippen LogP contribution in [-0.4, -0.2) is 31.3 Å². The number of thioether (sulfide) groups is 1. The zero-order valence-corrected chi connectivity index (χ0v) is 15.4. The standard InChI is InChI=1S/C19H16N2O5S/c1-24-13-5-3-4-12(10-13)18(23)26-14-7-6-11(8-15(14)25-2)9-16-17(22)21-19(20)27-16/h3-10H,1-2H3,(H2,20,21,22)/b16-9-. The highest BCUT2D eigenvalue weighted by Gasteiger charge is 2.22. The molecular weight excluding hydrogens is 368 g/mol. The highest BCUT2D eigenvalue weighted by molar-refractivity contribution is 8.18. The maximum atomic E-state index is 12.4. The van der Waals surface area contributed by atoms with Crippen LogP contribution in [0.25, 0.3) is 6.08 Å². The van der Waals surface area contributed by atoms with E-state index in [1.54, 1.807) is 48.5 Å². The summed E-state index contributed by atoms with van der Waals surface area (Å²) in [5.74, 6) is 0.286. The number of rotatable bonds is 5. The number of benzene rings is 2. The fourth-order valence-electron chi connectivity index (χ4n) is 2.36. The van der Waals surface area contributed by atoms with Gasteiger partial charge in [-0.15, -0.1) is 0 Å². The molecule has 0 aliphatic carbocycles. The van der Waals surface area contributed by atoms with Crippen LogP contribution in [0.1, 0.15) is 15.9 Å². The topological polar surface area (TPSA) is 97.7 Å². The molecule has 0 aromatic heterocycles. The minimum absolute atomic E-state index is 0.0852. The minimum Gasteiger partial charge on any atom is -0.497 e. The van der Waals surface area contributed by atoms with Gasteiger partial charge in [0, 0.05) is 0 Å². The smallest absolute Gasteiger partial charge is 0.343 e. The van der Waals surface area contributed by atoms with E-state index in [0.29, 0.717) is 27.5 Å². The van der Waals surface area contributed by atoms with Crippen molar-refractivity contribution in [3.63, 3.8) is 0 Å². The van der Waals surface area contributed by atoms with Gasteiger partial charge >= 0.3 is 5.97 Å². The van der Waals surface area contributed by atoms with Gasteiger partial charge in [-0.1, -0.05) is 12.1 Å². The Balaban J connectivity index is 1.82. The summed E-state index contributed by atoms with van der Waals surface area (Å²) in [6.07, 6.45) is 1.64. The van der Waals surface area contributed by atoms with Crippen molar-refractivity contribution in [3.8, 4) is 17.2 Å². The van der Waals surface area contributed by atoms with Gasteiger partial charge in [-0.3, -0.25) is 10.2 Å². The van der Waals surface area contributed by atoms with Crippen LogP contribution >= 0.6 is 11.8 Å². The summed E-state index contributed by atoms with van der Waals surface area (Å²) in [6.45, 7) is 0. The predicted molar refractivity (Wildman–Crippen MR) is 102 cm³/mol. The van der Waals surface area contributed by atoms with Crippen LogP contribution in [0, 0.1) is 5.41 Å². The molecule has 2 aromatic carbocycles. The minimum atomic E-state index is -0.544. The highest BCUT2D eigenvalue weighted by Crippen LogP contribution is 2.32. The number of amides is 1. The molecule has 2 N–H and O–H groups in total. The van der Waals surface area contributed by atoms with Gasteiger partial charge < -0.3 is 19.5 Å². The van der Waals surface area contributed by atoms with Crippen molar-refractivity contribution < 1.29 is 23.8 Å². The molecule has 3 rings (SSSR count). The van der Waals surface area contributed by atoms with Gasteiger partial charge in [-0.05, 0) is 53.7 Å². The van der Waals surface area contributed by atoms with E-state index in [9.17, 15) is 9.59 Å². The molecule has 0 bridgehead atoms.